The van der Waals surface area contributed by atoms with Crippen molar-refractivity contribution < 1.29 is 14.6 Å². The molecule has 0 aromatic heterocycles. The standard InChI is InChI=1S/C14H20N2O3/c1-14(2,3)19-13(18)16-8-4-5-12(17)10(6-8)9-7-11(9)15/h4-6,9,11,17H,7,15H2,1-3H3,(H,16,18). The van der Waals surface area contributed by atoms with Gasteiger partial charge in [-0.25, -0.2) is 4.79 Å². The van der Waals surface area contributed by atoms with Crippen molar-refractivity contribution in [1.29, 1.82) is 0 Å². The molecule has 5 nitrogen and oxygen atoms in total. The first-order chi connectivity index (χ1) is 8.76. The van der Waals surface area contributed by atoms with E-state index in [1.165, 1.54) is 0 Å². The number of hydrogen-bond acceptors (Lipinski definition) is 4. The molecule has 104 valence electrons. The zero-order chi connectivity index (χ0) is 14.2. The van der Waals surface area contributed by atoms with Crippen molar-refractivity contribution in [3.8, 4) is 5.75 Å². The number of phenols is 1. The lowest BCUT2D eigenvalue weighted by molar-refractivity contribution is 0.0636. The van der Waals surface area contributed by atoms with Gasteiger partial charge in [0.25, 0.3) is 0 Å². The van der Waals surface area contributed by atoms with Crippen LogP contribution in [0.3, 0.4) is 0 Å². The summed E-state index contributed by atoms with van der Waals surface area (Å²) >= 11 is 0. The molecule has 1 aliphatic rings. The highest BCUT2D eigenvalue weighted by atomic mass is 16.6. The number of aromatic hydroxyl groups is 1. The maximum absolute atomic E-state index is 11.7. The van der Waals surface area contributed by atoms with E-state index >= 15 is 0 Å². The number of amides is 1. The highest BCUT2D eigenvalue weighted by molar-refractivity contribution is 5.85. The van der Waals surface area contributed by atoms with Crippen LogP contribution in [0.2, 0.25) is 0 Å². The average molecular weight is 264 g/mol. The lowest BCUT2D eigenvalue weighted by atomic mass is 10.1. The van der Waals surface area contributed by atoms with Crippen LogP contribution >= 0.6 is 0 Å². The molecule has 1 aliphatic carbocycles. The maximum atomic E-state index is 11.7. The second-order valence-corrected chi connectivity index (χ2v) is 5.91. The lowest BCUT2D eigenvalue weighted by Gasteiger charge is -2.20. The molecule has 1 fully saturated rings. The van der Waals surface area contributed by atoms with Crippen molar-refractivity contribution in [2.24, 2.45) is 5.73 Å². The van der Waals surface area contributed by atoms with E-state index in [1.807, 2.05) is 0 Å². The Hall–Kier alpha value is -1.75. The number of nitrogens with two attached hydrogens (primary N) is 1. The van der Waals surface area contributed by atoms with E-state index < -0.39 is 11.7 Å². The van der Waals surface area contributed by atoms with Crippen molar-refractivity contribution in [2.75, 3.05) is 5.32 Å². The summed E-state index contributed by atoms with van der Waals surface area (Å²) in [6.07, 6.45) is 0.355. The van der Waals surface area contributed by atoms with Gasteiger partial charge in [0, 0.05) is 23.2 Å². The number of ether oxygens (including phenoxy) is 1. The van der Waals surface area contributed by atoms with E-state index in [0.29, 0.717) is 5.69 Å². The molecule has 0 radical (unpaired) electrons. The molecular formula is C14H20N2O3. The molecule has 2 unspecified atom stereocenters. The first-order valence-electron chi connectivity index (χ1n) is 6.35. The van der Waals surface area contributed by atoms with Crippen LogP contribution in [0.5, 0.6) is 5.75 Å². The number of rotatable bonds is 2. The summed E-state index contributed by atoms with van der Waals surface area (Å²) in [7, 11) is 0. The van der Waals surface area contributed by atoms with Crippen LogP contribution in [0.4, 0.5) is 10.5 Å². The summed E-state index contributed by atoms with van der Waals surface area (Å²) in [6.45, 7) is 5.41. The Labute approximate surface area is 112 Å². The van der Waals surface area contributed by atoms with E-state index in [9.17, 15) is 9.90 Å². The molecule has 1 amide bonds. The van der Waals surface area contributed by atoms with Gasteiger partial charge in [-0.2, -0.15) is 0 Å². The van der Waals surface area contributed by atoms with Gasteiger partial charge < -0.3 is 15.6 Å². The van der Waals surface area contributed by atoms with Crippen molar-refractivity contribution in [2.45, 2.75) is 44.8 Å². The predicted octanol–water partition coefficient (Wildman–Crippen LogP) is 2.55. The Bertz CT molecular complexity index is 494. The van der Waals surface area contributed by atoms with Crippen LogP contribution in [0.15, 0.2) is 18.2 Å². The third-order valence-electron chi connectivity index (χ3n) is 2.91. The lowest BCUT2D eigenvalue weighted by Crippen LogP contribution is -2.27. The van der Waals surface area contributed by atoms with Crippen LogP contribution in [-0.4, -0.2) is 22.8 Å². The van der Waals surface area contributed by atoms with E-state index in [1.54, 1.807) is 39.0 Å². The maximum Gasteiger partial charge on any atom is 0.412 e. The van der Waals surface area contributed by atoms with E-state index in [0.717, 1.165) is 12.0 Å². The molecule has 0 bridgehead atoms. The van der Waals surface area contributed by atoms with Gasteiger partial charge in [-0.3, -0.25) is 5.32 Å². The summed E-state index contributed by atoms with van der Waals surface area (Å²) in [4.78, 5) is 11.7. The minimum absolute atomic E-state index is 0.0997. The van der Waals surface area contributed by atoms with Crippen LogP contribution in [0.1, 0.15) is 38.7 Å². The molecule has 1 aromatic carbocycles. The number of anilines is 1. The molecule has 0 spiro atoms. The summed E-state index contributed by atoms with van der Waals surface area (Å²) in [5, 5.41) is 12.4. The summed E-state index contributed by atoms with van der Waals surface area (Å²) in [5.74, 6) is 0.396. The summed E-state index contributed by atoms with van der Waals surface area (Å²) < 4.78 is 5.17. The minimum Gasteiger partial charge on any atom is -0.508 e. The fourth-order valence-electron chi connectivity index (χ4n) is 1.92. The Morgan fingerprint density at radius 3 is 2.63 bits per heavy atom. The fourth-order valence-corrected chi connectivity index (χ4v) is 1.92. The van der Waals surface area contributed by atoms with Gasteiger partial charge in [-0.05, 0) is 45.4 Å². The van der Waals surface area contributed by atoms with Crippen molar-refractivity contribution in [3.63, 3.8) is 0 Å². The van der Waals surface area contributed by atoms with Gasteiger partial charge in [-0.1, -0.05) is 0 Å². The first kappa shape index (κ1) is 13.7. The zero-order valence-corrected chi connectivity index (χ0v) is 11.4. The second kappa shape index (κ2) is 4.74. The second-order valence-electron chi connectivity index (χ2n) is 5.91. The van der Waals surface area contributed by atoms with Crippen LogP contribution in [0.25, 0.3) is 0 Å². The molecular weight excluding hydrogens is 244 g/mol. The van der Waals surface area contributed by atoms with Crippen molar-refractivity contribution in [1.82, 2.24) is 0 Å². The summed E-state index contributed by atoms with van der Waals surface area (Å²) in [5.41, 5.74) is 6.62. The topological polar surface area (TPSA) is 84.6 Å². The molecule has 1 saturated carbocycles. The molecule has 0 heterocycles. The third kappa shape index (κ3) is 3.61. The Kier molecular flexibility index (Phi) is 3.41. The van der Waals surface area contributed by atoms with Gasteiger partial charge >= 0.3 is 6.09 Å². The zero-order valence-electron chi connectivity index (χ0n) is 11.4. The number of carbonyl (C=O) groups excluding carboxylic acids is 1. The van der Waals surface area contributed by atoms with Crippen molar-refractivity contribution >= 4 is 11.8 Å². The van der Waals surface area contributed by atoms with E-state index in [2.05, 4.69) is 5.32 Å². The molecule has 2 atom stereocenters. The van der Waals surface area contributed by atoms with Gasteiger partial charge in [0.1, 0.15) is 11.4 Å². The molecule has 1 aromatic rings. The minimum atomic E-state index is -0.539. The number of carbonyl (C=O) groups is 1. The number of nitrogens with one attached hydrogen (secondary N) is 1. The Morgan fingerprint density at radius 2 is 2.11 bits per heavy atom. The molecule has 2 rings (SSSR count). The van der Waals surface area contributed by atoms with Crippen molar-refractivity contribution in [3.05, 3.63) is 23.8 Å². The highest BCUT2D eigenvalue weighted by Crippen LogP contribution is 2.43. The van der Waals surface area contributed by atoms with Gasteiger partial charge in [-0.15, -0.1) is 0 Å². The Balaban J connectivity index is 2.07. The number of hydrogen-bond donors (Lipinski definition) is 3. The van der Waals surface area contributed by atoms with Gasteiger partial charge in [0.05, 0.1) is 0 Å². The molecule has 0 saturated heterocycles. The first-order valence-corrected chi connectivity index (χ1v) is 6.35. The van der Waals surface area contributed by atoms with E-state index in [4.69, 9.17) is 10.5 Å². The van der Waals surface area contributed by atoms with E-state index in [-0.39, 0.29) is 17.7 Å². The SMILES string of the molecule is CC(C)(C)OC(=O)Nc1ccc(O)c(C2CC2N)c1. The number of benzene rings is 1. The normalized spacial score (nSPS) is 21.9. The monoisotopic (exact) mass is 264 g/mol. The fraction of sp³-hybridized carbons (Fsp3) is 0.500. The smallest absolute Gasteiger partial charge is 0.412 e. The highest BCUT2D eigenvalue weighted by Gasteiger charge is 2.36. The molecule has 0 aliphatic heterocycles. The largest absolute Gasteiger partial charge is 0.508 e. The van der Waals surface area contributed by atoms with Gasteiger partial charge in [0.2, 0.25) is 0 Å². The Morgan fingerprint density at radius 1 is 1.47 bits per heavy atom. The molecule has 5 heteroatoms. The van der Waals surface area contributed by atoms with Gasteiger partial charge in [0.15, 0.2) is 0 Å². The molecule has 19 heavy (non-hydrogen) atoms. The van der Waals surface area contributed by atoms with Crippen LogP contribution in [-0.2, 0) is 4.74 Å². The molecule has 4 N–H and O–H groups in total. The van der Waals surface area contributed by atoms with Crippen LogP contribution < -0.4 is 11.1 Å². The number of phenolic OH excluding ortho intramolecular Hbond substituents is 1. The predicted molar refractivity (Wildman–Crippen MR) is 73.3 cm³/mol. The third-order valence-corrected chi connectivity index (χ3v) is 2.91. The average Bonchev–Trinajstić information content (AvgIpc) is 2.95. The van der Waals surface area contributed by atoms with Crippen LogP contribution in [0, 0.1) is 0 Å². The summed E-state index contributed by atoms with van der Waals surface area (Å²) in [6, 6.07) is 5.04. The quantitative estimate of drug-likeness (QED) is 0.717.